The Hall–Kier alpha value is -2.12. The molecule has 2 aromatic carbocycles. The summed E-state index contributed by atoms with van der Waals surface area (Å²) in [4.78, 5) is 0. The number of hydrogen-bond donors (Lipinski definition) is 1. The predicted molar refractivity (Wildman–Crippen MR) is 83.8 cm³/mol. The molecule has 1 aliphatic rings. The van der Waals surface area contributed by atoms with Crippen LogP contribution in [-0.4, -0.2) is 19.6 Å². The molecule has 130 valence electrons. The van der Waals surface area contributed by atoms with E-state index in [1.54, 1.807) is 18.2 Å². The molecule has 24 heavy (non-hydrogen) atoms. The van der Waals surface area contributed by atoms with Crippen LogP contribution in [0, 0.1) is 0 Å². The van der Waals surface area contributed by atoms with Crippen LogP contribution < -0.4 is 19.9 Å². The molecule has 1 atom stereocenters. The number of alkyl halides is 3. The first-order chi connectivity index (χ1) is 10.9. The number of rotatable bonds is 3. The van der Waals surface area contributed by atoms with E-state index in [0.717, 1.165) is 5.56 Å². The molecule has 0 aromatic heterocycles. The normalized spacial score (nSPS) is 14.5. The topological polar surface area (TPSA) is 53.7 Å². The molecule has 1 heterocycles. The molecule has 2 aromatic rings. The van der Waals surface area contributed by atoms with E-state index in [9.17, 15) is 13.2 Å². The van der Waals surface area contributed by atoms with Gasteiger partial charge in [0, 0.05) is 0 Å². The number of ether oxygens (including phenoxy) is 3. The van der Waals surface area contributed by atoms with Gasteiger partial charge in [-0.1, -0.05) is 18.2 Å². The maximum atomic E-state index is 12.2. The van der Waals surface area contributed by atoms with E-state index < -0.39 is 12.4 Å². The van der Waals surface area contributed by atoms with Crippen molar-refractivity contribution in [3.63, 3.8) is 0 Å². The van der Waals surface area contributed by atoms with Crippen molar-refractivity contribution in [2.24, 2.45) is 5.73 Å². The van der Waals surface area contributed by atoms with Crippen LogP contribution >= 0.6 is 12.4 Å². The Bertz CT molecular complexity index is 692. The van der Waals surface area contributed by atoms with Crippen molar-refractivity contribution in [3.8, 4) is 17.2 Å². The Balaban J connectivity index is 0.00000208. The van der Waals surface area contributed by atoms with Gasteiger partial charge >= 0.3 is 6.36 Å². The van der Waals surface area contributed by atoms with E-state index in [0.29, 0.717) is 30.3 Å². The predicted octanol–water partition coefficient (Wildman–Crippen LogP) is 3.83. The first-order valence-corrected chi connectivity index (χ1v) is 6.93. The molecule has 0 bridgehead atoms. The van der Waals surface area contributed by atoms with Crippen molar-refractivity contribution < 1.29 is 27.4 Å². The van der Waals surface area contributed by atoms with Gasteiger partial charge in [0.15, 0.2) is 11.5 Å². The highest BCUT2D eigenvalue weighted by molar-refractivity contribution is 5.85. The van der Waals surface area contributed by atoms with E-state index in [2.05, 4.69) is 4.74 Å². The van der Waals surface area contributed by atoms with E-state index in [-0.39, 0.29) is 18.2 Å². The smallest absolute Gasteiger partial charge is 0.486 e. The second-order valence-corrected chi connectivity index (χ2v) is 5.00. The molecule has 0 amide bonds. The van der Waals surface area contributed by atoms with Crippen LogP contribution in [0.1, 0.15) is 17.2 Å². The molecule has 0 spiro atoms. The van der Waals surface area contributed by atoms with Crippen LogP contribution in [0.5, 0.6) is 17.2 Å². The summed E-state index contributed by atoms with van der Waals surface area (Å²) in [5.74, 6) is 0.984. The average molecular weight is 362 g/mol. The Kier molecular flexibility index (Phi) is 5.46. The maximum absolute atomic E-state index is 12.2. The van der Waals surface area contributed by atoms with E-state index in [4.69, 9.17) is 15.2 Å². The van der Waals surface area contributed by atoms with Crippen LogP contribution in [-0.2, 0) is 0 Å². The summed E-state index contributed by atoms with van der Waals surface area (Å²) >= 11 is 0. The lowest BCUT2D eigenvalue weighted by Gasteiger charge is -2.21. The van der Waals surface area contributed by atoms with E-state index in [1.807, 2.05) is 0 Å². The molecule has 0 saturated heterocycles. The average Bonchev–Trinajstić information content (AvgIpc) is 2.53. The van der Waals surface area contributed by atoms with Crippen molar-refractivity contribution in [1.82, 2.24) is 0 Å². The summed E-state index contributed by atoms with van der Waals surface area (Å²) in [6.45, 7) is 0.967. The zero-order valence-corrected chi connectivity index (χ0v) is 13.2. The summed E-state index contributed by atoms with van der Waals surface area (Å²) in [5, 5.41) is 0. The molecule has 4 nitrogen and oxygen atoms in total. The fourth-order valence-corrected chi connectivity index (χ4v) is 2.32. The number of halogens is 4. The van der Waals surface area contributed by atoms with Gasteiger partial charge in [0.2, 0.25) is 0 Å². The second kappa shape index (κ2) is 7.19. The third-order valence-corrected chi connectivity index (χ3v) is 3.40. The minimum atomic E-state index is -4.71. The van der Waals surface area contributed by atoms with Gasteiger partial charge < -0.3 is 19.9 Å². The Morgan fingerprint density at radius 2 is 1.50 bits per heavy atom. The number of nitrogens with two attached hydrogens (primary N) is 1. The Morgan fingerprint density at radius 1 is 0.917 bits per heavy atom. The van der Waals surface area contributed by atoms with Crippen molar-refractivity contribution in [2.75, 3.05) is 13.2 Å². The molecule has 0 unspecified atom stereocenters. The van der Waals surface area contributed by atoms with Crippen molar-refractivity contribution in [1.29, 1.82) is 0 Å². The molecule has 2 N–H and O–H groups in total. The lowest BCUT2D eigenvalue weighted by atomic mass is 9.99. The lowest BCUT2D eigenvalue weighted by Crippen LogP contribution is -2.18. The van der Waals surface area contributed by atoms with Crippen LogP contribution in [0.2, 0.25) is 0 Å². The lowest BCUT2D eigenvalue weighted by molar-refractivity contribution is -0.274. The Labute approximate surface area is 142 Å². The van der Waals surface area contributed by atoms with Gasteiger partial charge in [-0.2, -0.15) is 0 Å². The van der Waals surface area contributed by atoms with Gasteiger partial charge in [0.1, 0.15) is 19.0 Å². The summed E-state index contributed by atoms with van der Waals surface area (Å²) in [5.41, 5.74) is 7.61. The van der Waals surface area contributed by atoms with Gasteiger partial charge in [-0.05, 0) is 35.4 Å². The molecule has 0 saturated carbocycles. The highest BCUT2D eigenvalue weighted by Crippen LogP contribution is 2.34. The third kappa shape index (κ3) is 4.24. The molecule has 8 heteroatoms. The van der Waals surface area contributed by atoms with Gasteiger partial charge in [0.25, 0.3) is 0 Å². The molecule has 1 aliphatic heterocycles. The number of hydrogen-bond acceptors (Lipinski definition) is 4. The standard InChI is InChI=1S/C16H14F3NO3.ClH/c17-16(18,19)23-12-4-1-10(2-5-12)15(20)11-3-6-13-14(9-11)22-8-7-21-13;/h1-6,9,15H,7-8,20H2;1H/t15-;/m0./s1. The second-order valence-electron chi connectivity index (χ2n) is 5.00. The fraction of sp³-hybridized carbons (Fsp3) is 0.250. The monoisotopic (exact) mass is 361 g/mol. The molecule has 0 aliphatic carbocycles. The van der Waals surface area contributed by atoms with Crippen LogP contribution in [0.15, 0.2) is 42.5 Å². The van der Waals surface area contributed by atoms with Crippen LogP contribution in [0.4, 0.5) is 13.2 Å². The minimum Gasteiger partial charge on any atom is -0.486 e. The zero-order valence-electron chi connectivity index (χ0n) is 12.4. The van der Waals surface area contributed by atoms with Crippen molar-refractivity contribution in [2.45, 2.75) is 12.4 Å². The first kappa shape index (κ1) is 18.2. The fourth-order valence-electron chi connectivity index (χ4n) is 2.32. The van der Waals surface area contributed by atoms with Gasteiger partial charge in [-0.25, -0.2) is 0 Å². The maximum Gasteiger partial charge on any atom is 0.573 e. The summed E-state index contributed by atoms with van der Waals surface area (Å²) in [7, 11) is 0. The molecule has 0 fully saturated rings. The molecular weight excluding hydrogens is 347 g/mol. The highest BCUT2D eigenvalue weighted by Gasteiger charge is 2.31. The molecule has 0 radical (unpaired) electrons. The highest BCUT2D eigenvalue weighted by atomic mass is 35.5. The third-order valence-electron chi connectivity index (χ3n) is 3.40. The minimum absolute atomic E-state index is 0. The van der Waals surface area contributed by atoms with E-state index >= 15 is 0 Å². The van der Waals surface area contributed by atoms with Gasteiger partial charge in [-0.3, -0.25) is 0 Å². The summed E-state index contributed by atoms with van der Waals surface area (Å²) in [6.07, 6.45) is -4.71. The Morgan fingerprint density at radius 3 is 2.12 bits per heavy atom. The van der Waals surface area contributed by atoms with E-state index in [1.165, 1.54) is 24.3 Å². The number of fused-ring (bicyclic) bond motifs is 1. The van der Waals surface area contributed by atoms with Crippen LogP contribution in [0.25, 0.3) is 0 Å². The first-order valence-electron chi connectivity index (χ1n) is 6.93. The van der Waals surface area contributed by atoms with Crippen molar-refractivity contribution >= 4 is 12.4 Å². The van der Waals surface area contributed by atoms with Crippen LogP contribution in [0.3, 0.4) is 0 Å². The van der Waals surface area contributed by atoms with Gasteiger partial charge in [0.05, 0.1) is 6.04 Å². The quantitative estimate of drug-likeness (QED) is 0.902. The largest absolute Gasteiger partial charge is 0.573 e. The number of benzene rings is 2. The SMILES string of the molecule is Cl.N[C@@H](c1ccc(OC(F)(F)F)cc1)c1ccc2c(c1)OCCO2. The summed E-state index contributed by atoms with van der Waals surface area (Å²) < 4.78 is 51.2. The van der Waals surface area contributed by atoms with Crippen molar-refractivity contribution in [3.05, 3.63) is 53.6 Å². The molecule has 3 rings (SSSR count). The zero-order chi connectivity index (χ0) is 16.4. The summed E-state index contributed by atoms with van der Waals surface area (Å²) in [6, 6.07) is 10.3. The molecular formula is C16H15ClF3NO3. The van der Waals surface area contributed by atoms with Gasteiger partial charge in [-0.15, -0.1) is 25.6 Å².